The highest BCUT2D eigenvalue weighted by Crippen LogP contribution is 2.36. The van der Waals surface area contributed by atoms with Gasteiger partial charge in [0.2, 0.25) is 11.8 Å². The molecule has 0 aromatic heterocycles. The Morgan fingerprint density at radius 3 is 2.38 bits per heavy atom. The van der Waals surface area contributed by atoms with E-state index in [9.17, 15) is 14.0 Å². The number of ether oxygens (including phenoxy) is 1. The van der Waals surface area contributed by atoms with Crippen LogP contribution in [0, 0.1) is 5.82 Å². The van der Waals surface area contributed by atoms with Crippen molar-refractivity contribution in [2.24, 2.45) is 0 Å². The summed E-state index contributed by atoms with van der Waals surface area (Å²) in [5.41, 5.74) is 1.33. The van der Waals surface area contributed by atoms with Gasteiger partial charge in [-0.15, -0.1) is 0 Å². The SMILES string of the molecule is COc1ccc(C(CC(=O)N(C2CC2)C(C)c2ccccc2F)NC(C)=O)cc1. The van der Waals surface area contributed by atoms with Gasteiger partial charge in [-0.1, -0.05) is 30.3 Å². The Labute approximate surface area is 170 Å². The molecule has 0 heterocycles. The summed E-state index contributed by atoms with van der Waals surface area (Å²) in [6.07, 6.45) is 1.94. The van der Waals surface area contributed by atoms with E-state index < -0.39 is 6.04 Å². The first kappa shape index (κ1) is 20.8. The molecule has 0 saturated heterocycles. The fourth-order valence-corrected chi connectivity index (χ4v) is 3.67. The van der Waals surface area contributed by atoms with Gasteiger partial charge in [-0.2, -0.15) is 0 Å². The van der Waals surface area contributed by atoms with Crippen molar-refractivity contribution < 1.29 is 18.7 Å². The molecule has 1 saturated carbocycles. The molecular formula is C23H27FN2O3. The van der Waals surface area contributed by atoms with Gasteiger partial charge >= 0.3 is 0 Å². The van der Waals surface area contributed by atoms with E-state index in [4.69, 9.17) is 4.74 Å². The second-order valence-corrected chi connectivity index (χ2v) is 7.46. The summed E-state index contributed by atoms with van der Waals surface area (Å²) in [4.78, 5) is 26.8. The number of nitrogens with one attached hydrogen (secondary N) is 1. The van der Waals surface area contributed by atoms with Gasteiger partial charge in [0.15, 0.2) is 0 Å². The molecule has 0 aliphatic heterocycles. The van der Waals surface area contributed by atoms with Crippen molar-refractivity contribution in [1.82, 2.24) is 10.2 Å². The molecule has 2 amide bonds. The molecule has 2 unspecified atom stereocenters. The zero-order valence-electron chi connectivity index (χ0n) is 17.0. The van der Waals surface area contributed by atoms with Gasteiger partial charge in [0, 0.05) is 18.5 Å². The molecule has 6 heteroatoms. The molecular weight excluding hydrogens is 371 g/mol. The lowest BCUT2D eigenvalue weighted by Crippen LogP contribution is -2.39. The second kappa shape index (κ2) is 9.07. The van der Waals surface area contributed by atoms with Gasteiger partial charge in [-0.25, -0.2) is 4.39 Å². The number of hydrogen-bond acceptors (Lipinski definition) is 3. The number of halogens is 1. The molecule has 5 nitrogen and oxygen atoms in total. The Bertz CT molecular complexity index is 865. The van der Waals surface area contributed by atoms with E-state index in [0.29, 0.717) is 11.3 Å². The smallest absolute Gasteiger partial charge is 0.225 e. The van der Waals surface area contributed by atoms with E-state index >= 15 is 0 Å². The van der Waals surface area contributed by atoms with Crippen molar-refractivity contribution >= 4 is 11.8 Å². The zero-order chi connectivity index (χ0) is 21.0. The first-order chi connectivity index (χ1) is 13.9. The van der Waals surface area contributed by atoms with Gasteiger partial charge in [-0.3, -0.25) is 9.59 Å². The minimum absolute atomic E-state index is 0.0992. The summed E-state index contributed by atoms with van der Waals surface area (Å²) in [5, 5.41) is 2.87. The molecule has 0 spiro atoms. The molecule has 29 heavy (non-hydrogen) atoms. The molecule has 0 radical (unpaired) electrons. The highest BCUT2D eigenvalue weighted by molar-refractivity contribution is 5.80. The van der Waals surface area contributed by atoms with Crippen molar-refractivity contribution in [3.05, 3.63) is 65.5 Å². The van der Waals surface area contributed by atoms with Crippen LogP contribution in [0.3, 0.4) is 0 Å². The van der Waals surface area contributed by atoms with Gasteiger partial charge in [0.25, 0.3) is 0 Å². The van der Waals surface area contributed by atoms with Crippen LogP contribution in [0.1, 0.15) is 56.3 Å². The first-order valence-corrected chi connectivity index (χ1v) is 9.87. The predicted octanol–water partition coefficient (Wildman–Crippen LogP) is 4.15. The van der Waals surface area contributed by atoms with E-state index in [0.717, 1.165) is 18.4 Å². The van der Waals surface area contributed by atoms with Crippen LogP contribution < -0.4 is 10.1 Å². The number of methoxy groups -OCH3 is 1. The topological polar surface area (TPSA) is 58.6 Å². The molecule has 1 fully saturated rings. The lowest BCUT2D eigenvalue weighted by Gasteiger charge is -2.31. The lowest BCUT2D eigenvalue weighted by atomic mass is 10.0. The maximum absolute atomic E-state index is 14.3. The number of carbonyl (C=O) groups excluding carboxylic acids is 2. The number of rotatable bonds is 8. The molecule has 3 rings (SSSR count). The molecule has 1 N–H and O–H groups in total. The highest BCUT2D eigenvalue weighted by atomic mass is 19.1. The minimum atomic E-state index is -0.458. The van der Waals surface area contributed by atoms with Crippen LogP contribution in [0.15, 0.2) is 48.5 Å². The van der Waals surface area contributed by atoms with Gasteiger partial charge in [0.1, 0.15) is 11.6 Å². The quantitative estimate of drug-likeness (QED) is 0.727. The number of benzene rings is 2. The van der Waals surface area contributed by atoms with Crippen molar-refractivity contribution in [2.75, 3.05) is 7.11 Å². The molecule has 2 aromatic carbocycles. The average molecular weight is 398 g/mol. The van der Waals surface area contributed by atoms with Gasteiger partial charge in [0.05, 0.1) is 25.6 Å². The summed E-state index contributed by atoms with van der Waals surface area (Å²) in [7, 11) is 1.58. The number of hydrogen-bond donors (Lipinski definition) is 1. The number of amides is 2. The van der Waals surface area contributed by atoms with Crippen molar-refractivity contribution in [3.63, 3.8) is 0 Å². The van der Waals surface area contributed by atoms with Crippen molar-refractivity contribution in [3.8, 4) is 5.75 Å². The number of carbonyl (C=O) groups is 2. The van der Waals surface area contributed by atoms with E-state index in [1.807, 2.05) is 19.1 Å². The Hall–Kier alpha value is -2.89. The third-order valence-electron chi connectivity index (χ3n) is 5.28. The average Bonchev–Trinajstić information content (AvgIpc) is 3.52. The van der Waals surface area contributed by atoms with Crippen molar-refractivity contribution in [2.45, 2.75) is 51.2 Å². The molecule has 1 aliphatic carbocycles. The van der Waals surface area contributed by atoms with Crippen LogP contribution in [-0.4, -0.2) is 29.9 Å². The minimum Gasteiger partial charge on any atom is -0.497 e. The van der Waals surface area contributed by atoms with E-state index in [1.165, 1.54) is 13.0 Å². The normalized spacial score (nSPS) is 15.3. The fraction of sp³-hybridized carbons (Fsp3) is 0.391. The van der Waals surface area contributed by atoms with Gasteiger partial charge in [-0.05, 0) is 43.5 Å². The van der Waals surface area contributed by atoms with Crippen LogP contribution in [0.25, 0.3) is 0 Å². The number of nitrogens with zero attached hydrogens (tertiary/aromatic N) is 1. The summed E-state index contributed by atoms with van der Waals surface area (Å²) in [6.45, 7) is 3.29. The fourth-order valence-electron chi connectivity index (χ4n) is 3.67. The molecule has 2 aromatic rings. The molecule has 1 aliphatic rings. The zero-order valence-corrected chi connectivity index (χ0v) is 17.0. The third kappa shape index (κ3) is 5.13. The van der Waals surface area contributed by atoms with Crippen LogP contribution in [0.4, 0.5) is 4.39 Å². The third-order valence-corrected chi connectivity index (χ3v) is 5.28. The van der Waals surface area contributed by atoms with Crippen LogP contribution in [-0.2, 0) is 9.59 Å². The second-order valence-electron chi connectivity index (χ2n) is 7.46. The van der Waals surface area contributed by atoms with Crippen LogP contribution >= 0.6 is 0 Å². The Balaban J connectivity index is 1.82. The summed E-state index contributed by atoms with van der Waals surface area (Å²) in [6, 6.07) is 13.1. The highest BCUT2D eigenvalue weighted by Gasteiger charge is 2.37. The summed E-state index contributed by atoms with van der Waals surface area (Å²) in [5.74, 6) is 0.0815. The standard InChI is InChI=1S/C23H27FN2O3/c1-15(20-6-4-5-7-21(20)24)26(18-10-11-18)23(28)14-22(25-16(2)27)17-8-12-19(29-3)13-9-17/h4-9,12-13,15,18,22H,10-11,14H2,1-3H3,(H,25,27). The lowest BCUT2D eigenvalue weighted by molar-refractivity contribution is -0.134. The monoisotopic (exact) mass is 398 g/mol. The Morgan fingerprint density at radius 1 is 1.17 bits per heavy atom. The Kier molecular flexibility index (Phi) is 6.52. The molecule has 0 bridgehead atoms. The summed E-state index contributed by atoms with van der Waals surface area (Å²) < 4.78 is 19.5. The van der Waals surface area contributed by atoms with Crippen LogP contribution in [0.2, 0.25) is 0 Å². The largest absolute Gasteiger partial charge is 0.497 e. The first-order valence-electron chi connectivity index (χ1n) is 9.87. The van der Waals surface area contributed by atoms with Gasteiger partial charge < -0.3 is 15.0 Å². The van der Waals surface area contributed by atoms with Crippen LogP contribution in [0.5, 0.6) is 5.75 Å². The predicted molar refractivity (Wildman–Crippen MR) is 109 cm³/mol. The molecule has 2 atom stereocenters. The maximum Gasteiger partial charge on any atom is 0.225 e. The van der Waals surface area contributed by atoms with E-state index in [2.05, 4.69) is 5.32 Å². The van der Waals surface area contributed by atoms with Crippen molar-refractivity contribution in [1.29, 1.82) is 0 Å². The maximum atomic E-state index is 14.3. The Morgan fingerprint density at radius 2 is 1.83 bits per heavy atom. The molecule has 154 valence electrons. The van der Waals surface area contributed by atoms with E-state index in [1.54, 1.807) is 42.3 Å². The summed E-state index contributed by atoms with van der Waals surface area (Å²) >= 11 is 0. The van der Waals surface area contributed by atoms with E-state index in [-0.39, 0.29) is 36.1 Å².